The maximum Gasteiger partial charge on any atom is 0.275 e. The van der Waals surface area contributed by atoms with Crippen LogP contribution in [-0.4, -0.2) is 28.9 Å². The minimum absolute atomic E-state index is 0.0716. The third kappa shape index (κ3) is 3.87. The Bertz CT molecular complexity index is 912. The highest BCUT2D eigenvalue weighted by molar-refractivity contribution is 5.92. The first-order chi connectivity index (χ1) is 13.2. The topological polar surface area (TPSA) is 72.4 Å². The average molecular weight is 361 g/mol. The lowest BCUT2D eigenvalue weighted by atomic mass is 9.90. The zero-order chi connectivity index (χ0) is 18.6. The Hall–Kier alpha value is -3.08. The molecule has 2 heterocycles. The van der Waals surface area contributed by atoms with Gasteiger partial charge < -0.3 is 15.1 Å². The molecule has 138 valence electrons. The van der Waals surface area contributed by atoms with Crippen molar-refractivity contribution in [2.75, 3.05) is 18.8 Å². The van der Waals surface area contributed by atoms with E-state index in [2.05, 4.69) is 29.2 Å². The van der Waals surface area contributed by atoms with Gasteiger partial charge in [-0.3, -0.25) is 4.79 Å². The zero-order valence-electron chi connectivity index (χ0n) is 15.2. The van der Waals surface area contributed by atoms with Gasteiger partial charge in [-0.2, -0.15) is 0 Å². The van der Waals surface area contributed by atoms with Gasteiger partial charge in [-0.25, -0.2) is 4.98 Å². The number of para-hydroxylation sites is 1. The van der Waals surface area contributed by atoms with Crippen molar-refractivity contribution in [2.24, 2.45) is 5.92 Å². The minimum Gasteiger partial charge on any atom is -0.444 e. The zero-order valence-corrected chi connectivity index (χ0v) is 15.2. The molecule has 0 aliphatic carbocycles. The largest absolute Gasteiger partial charge is 0.444 e. The number of piperidine rings is 1. The monoisotopic (exact) mass is 361 g/mol. The summed E-state index contributed by atoms with van der Waals surface area (Å²) in [7, 11) is 0. The van der Waals surface area contributed by atoms with Crippen LogP contribution in [0.1, 0.15) is 28.9 Å². The summed E-state index contributed by atoms with van der Waals surface area (Å²) in [6.07, 6.45) is 4.53. The van der Waals surface area contributed by atoms with Crippen LogP contribution in [0.2, 0.25) is 0 Å². The Kier molecular flexibility index (Phi) is 4.92. The Labute approximate surface area is 158 Å². The number of anilines is 1. The van der Waals surface area contributed by atoms with Gasteiger partial charge in [0.2, 0.25) is 5.89 Å². The molecule has 4 rings (SSSR count). The summed E-state index contributed by atoms with van der Waals surface area (Å²) in [6.45, 7) is 1.51. The summed E-state index contributed by atoms with van der Waals surface area (Å²) in [5, 5.41) is 0. The predicted molar refractivity (Wildman–Crippen MR) is 105 cm³/mol. The van der Waals surface area contributed by atoms with Crippen LogP contribution in [0.15, 0.2) is 65.3 Å². The van der Waals surface area contributed by atoms with Crippen molar-refractivity contribution in [1.82, 2.24) is 9.88 Å². The van der Waals surface area contributed by atoms with Gasteiger partial charge in [0.25, 0.3) is 5.91 Å². The number of hydrogen-bond donors (Lipinski definition) is 1. The lowest BCUT2D eigenvalue weighted by Crippen LogP contribution is -2.39. The number of oxazole rings is 1. The maximum atomic E-state index is 12.8. The first-order valence-corrected chi connectivity index (χ1v) is 9.34. The van der Waals surface area contributed by atoms with Crippen molar-refractivity contribution in [3.63, 3.8) is 0 Å². The Morgan fingerprint density at radius 2 is 1.78 bits per heavy atom. The Morgan fingerprint density at radius 3 is 2.52 bits per heavy atom. The fourth-order valence-corrected chi connectivity index (χ4v) is 3.64. The lowest BCUT2D eigenvalue weighted by molar-refractivity contribution is 0.0684. The molecule has 1 aliphatic heterocycles. The van der Waals surface area contributed by atoms with E-state index in [1.807, 2.05) is 29.2 Å². The fourth-order valence-electron chi connectivity index (χ4n) is 3.64. The third-order valence-electron chi connectivity index (χ3n) is 5.18. The molecular formula is C22H23N3O2. The molecule has 1 aliphatic rings. The van der Waals surface area contributed by atoms with E-state index in [1.54, 1.807) is 6.07 Å². The minimum atomic E-state index is -0.0716. The highest BCUT2D eigenvalue weighted by Gasteiger charge is 2.26. The number of nitrogen functional groups attached to an aromatic ring is 1. The van der Waals surface area contributed by atoms with Gasteiger partial charge in [-0.05, 0) is 42.9 Å². The van der Waals surface area contributed by atoms with E-state index >= 15 is 0 Å². The molecule has 1 saturated heterocycles. The van der Waals surface area contributed by atoms with Gasteiger partial charge in [0.05, 0.1) is 5.56 Å². The molecule has 2 aromatic carbocycles. The number of nitrogens with zero attached hydrogens (tertiary/aromatic N) is 2. The summed E-state index contributed by atoms with van der Waals surface area (Å²) in [6, 6.07) is 17.9. The van der Waals surface area contributed by atoms with Gasteiger partial charge >= 0.3 is 0 Å². The number of hydrogen-bond acceptors (Lipinski definition) is 4. The van der Waals surface area contributed by atoms with E-state index in [0.29, 0.717) is 28.8 Å². The maximum absolute atomic E-state index is 12.8. The molecular weight excluding hydrogens is 338 g/mol. The number of carbonyl (C=O) groups excluding carboxylic acids is 1. The van der Waals surface area contributed by atoms with E-state index in [1.165, 1.54) is 11.8 Å². The molecule has 0 radical (unpaired) electrons. The number of aromatic nitrogens is 1. The van der Waals surface area contributed by atoms with E-state index in [9.17, 15) is 4.79 Å². The number of amides is 1. The third-order valence-corrected chi connectivity index (χ3v) is 5.18. The fraction of sp³-hybridized carbons (Fsp3) is 0.273. The van der Waals surface area contributed by atoms with Crippen LogP contribution in [-0.2, 0) is 6.42 Å². The molecule has 1 aromatic heterocycles. The van der Waals surface area contributed by atoms with E-state index in [0.717, 1.165) is 32.4 Å². The van der Waals surface area contributed by atoms with Crippen molar-refractivity contribution in [3.05, 3.63) is 72.1 Å². The van der Waals surface area contributed by atoms with Gasteiger partial charge in [0, 0.05) is 18.8 Å². The molecule has 3 aromatic rings. The first kappa shape index (κ1) is 17.3. The van der Waals surface area contributed by atoms with Gasteiger partial charge in [-0.1, -0.05) is 42.5 Å². The molecule has 5 nitrogen and oxygen atoms in total. The summed E-state index contributed by atoms with van der Waals surface area (Å²) < 4.78 is 5.51. The quantitative estimate of drug-likeness (QED) is 0.713. The van der Waals surface area contributed by atoms with Crippen LogP contribution in [0.4, 0.5) is 5.69 Å². The molecule has 1 fully saturated rings. The molecule has 0 spiro atoms. The number of likely N-dealkylation sites (tertiary alicyclic amines) is 1. The molecule has 0 saturated carbocycles. The number of carbonyl (C=O) groups is 1. The molecule has 1 amide bonds. The van der Waals surface area contributed by atoms with Crippen LogP contribution in [0.5, 0.6) is 0 Å². The highest BCUT2D eigenvalue weighted by Crippen LogP contribution is 2.26. The Morgan fingerprint density at radius 1 is 1.07 bits per heavy atom. The van der Waals surface area contributed by atoms with E-state index in [4.69, 9.17) is 10.2 Å². The van der Waals surface area contributed by atoms with Crippen LogP contribution in [0.25, 0.3) is 11.5 Å². The molecule has 0 unspecified atom stereocenters. The van der Waals surface area contributed by atoms with E-state index in [-0.39, 0.29) is 5.91 Å². The Balaban J connectivity index is 1.38. The second-order valence-electron chi connectivity index (χ2n) is 7.05. The SMILES string of the molecule is Nc1ccccc1-c1nc(C(=O)N2CCC(Cc3ccccc3)CC2)co1. The van der Waals surface area contributed by atoms with Crippen molar-refractivity contribution >= 4 is 11.6 Å². The van der Waals surface area contributed by atoms with Crippen molar-refractivity contribution in [3.8, 4) is 11.5 Å². The molecule has 0 bridgehead atoms. The van der Waals surface area contributed by atoms with Crippen LogP contribution >= 0.6 is 0 Å². The van der Waals surface area contributed by atoms with Gasteiger partial charge in [0.15, 0.2) is 5.69 Å². The average Bonchev–Trinajstić information content (AvgIpc) is 3.19. The summed E-state index contributed by atoms with van der Waals surface area (Å²) in [5.74, 6) is 0.932. The number of nitrogens with two attached hydrogens (primary N) is 1. The molecule has 5 heteroatoms. The second-order valence-corrected chi connectivity index (χ2v) is 7.05. The van der Waals surface area contributed by atoms with E-state index < -0.39 is 0 Å². The van der Waals surface area contributed by atoms with Crippen LogP contribution < -0.4 is 5.73 Å². The number of benzene rings is 2. The van der Waals surface area contributed by atoms with Crippen molar-refractivity contribution < 1.29 is 9.21 Å². The summed E-state index contributed by atoms with van der Waals surface area (Å²) in [5.41, 5.74) is 8.96. The summed E-state index contributed by atoms with van der Waals surface area (Å²) in [4.78, 5) is 19.0. The van der Waals surface area contributed by atoms with Gasteiger partial charge in [0.1, 0.15) is 6.26 Å². The smallest absolute Gasteiger partial charge is 0.275 e. The number of rotatable bonds is 4. The molecule has 2 N–H and O–H groups in total. The molecule has 0 atom stereocenters. The van der Waals surface area contributed by atoms with Crippen molar-refractivity contribution in [2.45, 2.75) is 19.3 Å². The van der Waals surface area contributed by atoms with Gasteiger partial charge in [-0.15, -0.1) is 0 Å². The normalized spacial score (nSPS) is 15.0. The van der Waals surface area contributed by atoms with Crippen molar-refractivity contribution in [1.29, 1.82) is 0 Å². The highest BCUT2D eigenvalue weighted by atomic mass is 16.3. The first-order valence-electron chi connectivity index (χ1n) is 9.34. The lowest BCUT2D eigenvalue weighted by Gasteiger charge is -2.31. The van der Waals surface area contributed by atoms with Crippen LogP contribution in [0.3, 0.4) is 0 Å². The van der Waals surface area contributed by atoms with Crippen LogP contribution in [0, 0.1) is 5.92 Å². The second kappa shape index (κ2) is 7.66. The summed E-state index contributed by atoms with van der Waals surface area (Å²) >= 11 is 0. The predicted octanol–water partition coefficient (Wildman–Crippen LogP) is 4.02. The standard InChI is InChI=1S/C22H23N3O2/c23-19-9-5-4-8-18(19)21-24-20(15-27-21)22(26)25-12-10-17(11-13-25)14-16-6-2-1-3-7-16/h1-9,15,17H,10-14,23H2. The molecule has 27 heavy (non-hydrogen) atoms.